The van der Waals surface area contributed by atoms with Gasteiger partial charge in [0.2, 0.25) is 0 Å². The van der Waals surface area contributed by atoms with E-state index in [2.05, 4.69) is 16.6 Å². The quantitative estimate of drug-likeness (QED) is 0.448. The molecular formula is C9H14N2O4. The number of carboxylic acids is 1. The van der Waals surface area contributed by atoms with Crippen LogP contribution in [0.2, 0.25) is 0 Å². The second-order valence-electron chi connectivity index (χ2n) is 2.84. The highest BCUT2D eigenvalue weighted by atomic mass is 16.4. The highest BCUT2D eigenvalue weighted by Crippen LogP contribution is 1.87. The number of urea groups is 1. The lowest BCUT2D eigenvalue weighted by molar-refractivity contribution is -0.146. The third kappa shape index (κ3) is 5.54. The standard InChI is InChI=1S/C9H14N2O4/c1-3-6(4-2)11-9(15)10-5-7(12)8(13)14/h1,6-7,12H,4-5H2,2H3,(H,13,14)(H2,10,11,15). The fraction of sp³-hybridized carbons (Fsp3) is 0.556. The van der Waals surface area contributed by atoms with Gasteiger partial charge in [-0.25, -0.2) is 9.59 Å². The maximum atomic E-state index is 11.1. The summed E-state index contributed by atoms with van der Waals surface area (Å²) < 4.78 is 0. The number of rotatable bonds is 5. The summed E-state index contributed by atoms with van der Waals surface area (Å²) >= 11 is 0. The van der Waals surface area contributed by atoms with Crippen LogP contribution in [0.5, 0.6) is 0 Å². The minimum absolute atomic E-state index is 0.359. The summed E-state index contributed by atoms with van der Waals surface area (Å²) in [5.74, 6) is 0.953. The van der Waals surface area contributed by atoms with Crippen molar-refractivity contribution in [3.8, 4) is 12.3 Å². The summed E-state index contributed by atoms with van der Waals surface area (Å²) in [4.78, 5) is 21.3. The molecule has 2 atom stereocenters. The van der Waals surface area contributed by atoms with Gasteiger partial charge < -0.3 is 20.8 Å². The van der Waals surface area contributed by atoms with E-state index in [1.54, 1.807) is 6.92 Å². The largest absolute Gasteiger partial charge is 0.479 e. The van der Waals surface area contributed by atoms with Crippen LogP contribution in [0.4, 0.5) is 4.79 Å². The number of nitrogens with one attached hydrogen (secondary N) is 2. The maximum absolute atomic E-state index is 11.1. The SMILES string of the molecule is C#CC(CC)NC(=O)NCC(O)C(=O)O. The van der Waals surface area contributed by atoms with Crippen LogP contribution in [0, 0.1) is 12.3 Å². The summed E-state index contributed by atoms with van der Waals surface area (Å²) in [6.45, 7) is 1.44. The molecule has 0 aromatic heterocycles. The van der Waals surface area contributed by atoms with Crippen LogP contribution in [-0.2, 0) is 4.79 Å². The third-order valence-corrected chi connectivity index (χ3v) is 1.66. The third-order valence-electron chi connectivity index (χ3n) is 1.66. The van der Waals surface area contributed by atoms with Crippen molar-refractivity contribution in [1.82, 2.24) is 10.6 Å². The van der Waals surface area contributed by atoms with Gasteiger partial charge in [0, 0.05) is 0 Å². The summed E-state index contributed by atoms with van der Waals surface area (Å²) in [6.07, 6.45) is 4.06. The van der Waals surface area contributed by atoms with Crippen molar-refractivity contribution in [2.45, 2.75) is 25.5 Å². The predicted molar refractivity (Wildman–Crippen MR) is 53.1 cm³/mol. The Morgan fingerprint density at radius 1 is 1.53 bits per heavy atom. The molecule has 6 nitrogen and oxygen atoms in total. The molecule has 0 bridgehead atoms. The van der Waals surface area contributed by atoms with Gasteiger partial charge in [-0.2, -0.15) is 0 Å². The van der Waals surface area contributed by atoms with Gasteiger partial charge in [-0.1, -0.05) is 12.8 Å². The Balaban J connectivity index is 3.85. The van der Waals surface area contributed by atoms with Crippen LogP contribution < -0.4 is 10.6 Å². The van der Waals surface area contributed by atoms with Crippen LogP contribution >= 0.6 is 0 Å². The first-order chi connectivity index (χ1) is 7.01. The molecule has 6 heteroatoms. The monoisotopic (exact) mass is 214 g/mol. The summed E-state index contributed by atoms with van der Waals surface area (Å²) in [6, 6.07) is -0.993. The van der Waals surface area contributed by atoms with E-state index in [9.17, 15) is 9.59 Å². The number of amides is 2. The zero-order valence-electron chi connectivity index (χ0n) is 8.36. The number of terminal acetylenes is 1. The van der Waals surface area contributed by atoms with Crippen molar-refractivity contribution in [1.29, 1.82) is 0 Å². The van der Waals surface area contributed by atoms with Gasteiger partial charge in [-0.05, 0) is 6.42 Å². The van der Waals surface area contributed by atoms with Crippen LogP contribution in [0.25, 0.3) is 0 Å². The Labute approximate surface area is 87.7 Å². The molecule has 0 aromatic rings. The Bertz CT molecular complexity index is 272. The van der Waals surface area contributed by atoms with Crippen molar-refractivity contribution in [3.63, 3.8) is 0 Å². The molecule has 0 saturated carbocycles. The molecule has 0 fully saturated rings. The molecule has 0 radical (unpaired) electrons. The van der Waals surface area contributed by atoms with Crippen molar-refractivity contribution >= 4 is 12.0 Å². The van der Waals surface area contributed by atoms with E-state index in [1.165, 1.54) is 0 Å². The smallest absolute Gasteiger partial charge is 0.334 e. The molecule has 0 rings (SSSR count). The van der Waals surface area contributed by atoms with Crippen molar-refractivity contribution in [2.24, 2.45) is 0 Å². The Hall–Kier alpha value is -1.74. The number of carbonyl (C=O) groups is 2. The minimum Gasteiger partial charge on any atom is -0.479 e. The number of aliphatic carboxylic acids is 1. The second kappa shape index (κ2) is 6.68. The van der Waals surface area contributed by atoms with Gasteiger partial charge in [-0.3, -0.25) is 0 Å². The van der Waals surface area contributed by atoms with Crippen molar-refractivity contribution in [2.75, 3.05) is 6.54 Å². The van der Waals surface area contributed by atoms with Gasteiger partial charge >= 0.3 is 12.0 Å². The number of carbonyl (C=O) groups excluding carboxylic acids is 1. The minimum atomic E-state index is -1.61. The average Bonchev–Trinajstić information content (AvgIpc) is 2.22. The first kappa shape index (κ1) is 13.3. The normalized spacial score (nSPS) is 13.4. The second-order valence-corrected chi connectivity index (χ2v) is 2.84. The summed E-state index contributed by atoms with van der Waals surface area (Å²) in [5, 5.41) is 21.8. The first-order valence-electron chi connectivity index (χ1n) is 4.42. The van der Waals surface area contributed by atoms with Gasteiger partial charge in [0.15, 0.2) is 6.10 Å². The molecule has 4 N–H and O–H groups in total. The summed E-state index contributed by atoms with van der Waals surface area (Å²) in [7, 11) is 0. The van der Waals surface area contributed by atoms with Crippen LogP contribution in [0.3, 0.4) is 0 Å². The van der Waals surface area contributed by atoms with E-state index in [4.69, 9.17) is 16.6 Å². The molecule has 0 aliphatic carbocycles. The Morgan fingerprint density at radius 3 is 2.53 bits per heavy atom. The molecule has 15 heavy (non-hydrogen) atoms. The summed E-state index contributed by atoms with van der Waals surface area (Å²) in [5.41, 5.74) is 0. The zero-order valence-corrected chi connectivity index (χ0v) is 8.36. The molecule has 0 aromatic carbocycles. The van der Waals surface area contributed by atoms with Crippen LogP contribution in [-0.4, -0.2) is 40.9 Å². The molecule has 2 unspecified atom stereocenters. The number of aliphatic hydroxyl groups is 1. The van der Waals surface area contributed by atoms with E-state index in [0.29, 0.717) is 6.42 Å². The molecule has 2 amide bonds. The highest BCUT2D eigenvalue weighted by Gasteiger charge is 2.14. The zero-order chi connectivity index (χ0) is 11.8. The van der Waals surface area contributed by atoms with Gasteiger partial charge in [0.1, 0.15) is 0 Å². The molecule has 0 heterocycles. The van der Waals surface area contributed by atoms with E-state index < -0.39 is 24.1 Å². The van der Waals surface area contributed by atoms with E-state index in [1.807, 2.05) is 0 Å². The lowest BCUT2D eigenvalue weighted by Gasteiger charge is -2.12. The lowest BCUT2D eigenvalue weighted by Crippen LogP contribution is -2.45. The maximum Gasteiger partial charge on any atom is 0.334 e. The molecule has 0 aliphatic rings. The van der Waals surface area contributed by atoms with Gasteiger partial charge in [0.25, 0.3) is 0 Å². The fourth-order valence-electron chi connectivity index (χ4n) is 0.748. The van der Waals surface area contributed by atoms with E-state index in [0.717, 1.165) is 0 Å². The van der Waals surface area contributed by atoms with Crippen molar-refractivity contribution in [3.05, 3.63) is 0 Å². The van der Waals surface area contributed by atoms with Crippen LogP contribution in [0.15, 0.2) is 0 Å². The van der Waals surface area contributed by atoms with Gasteiger partial charge in [0.05, 0.1) is 12.6 Å². The van der Waals surface area contributed by atoms with Crippen LogP contribution in [0.1, 0.15) is 13.3 Å². The molecule has 0 saturated heterocycles. The highest BCUT2D eigenvalue weighted by molar-refractivity contribution is 5.77. The molecule has 0 aliphatic heterocycles. The number of carboxylic acid groups (broad SMARTS) is 1. The molecular weight excluding hydrogens is 200 g/mol. The van der Waals surface area contributed by atoms with E-state index >= 15 is 0 Å². The fourth-order valence-corrected chi connectivity index (χ4v) is 0.748. The Kier molecular flexibility index (Phi) is 5.90. The van der Waals surface area contributed by atoms with E-state index in [-0.39, 0.29) is 6.54 Å². The topological polar surface area (TPSA) is 98.7 Å². The average molecular weight is 214 g/mol. The first-order valence-corrected chi connectivity index (χ1v) is 4.42. The number of aliphatic hydroxyl groups excluding tert-OH is 1. The molecule has 0 spiro atoms. The van der Waals surface area contributed by atoms with Crippen molar-refractivity contribution < 1.29 is 19.8 Å². The predicted octanol–water partition coefficient (Wildman–Crippen LogP) is -0.857. The molecule has 84 valence electrons. The number of hydrogen-bond donors (Lipinski definition) is 4. The number of hydrogen-bond acceptors (Lipinski definition) is 3. The lowest BCUT2D eigenvalue weighted by atomic mass is 10.2. The Morgan fingerprint density at radius 2 is 2.13 bits per heavy atom. The van der Waals surface area contributed by atoms with Gasteiger partial charge in [-0.15, -0.1) is 6.42 Å².